The maximum Gasteiger partial charge on any atom is 0.259 e. The van der Waals surface area contributed by atoms with E-state index in [-0.39, 0.29) is 11.8 Å². The van der Waals surface area contributed by atoms with Gasteiger partial charge in [-0.2, -0.15) is 5.10 Å². The first-order chi connectivity index (χ1) is 12.3. The van der Waals surface area contributed by atoms with E-state index in [1.165, 1.54) is 0 Å². The SMILES string of the molecule is CCCn1cnnc1[C@@H]1CCCN(C(=O)c2cnn3cccnc23)C1. The first-order valence-corrected chi connectivity index (χ1v) is 8.73. The third-order valence-corrected chi connectivity index (χ3v) is 4.69. The number of piperidine rings is 1. The molecule has 8 heteroatoms. The molecule has 0 N–H and O–H groups in total. The highest BCUT2D eigenvalue weighted by molar-refractivity contribution is 5.99. The molecule has 4 rings (SSSR count). The number of fused-ring (bicyclic) bond motifs is 1. The van der Waals surface area contributed by atoms with Gasteiger partial charge in [-0.15, -0.1) is 10.2 Å². The van der Waals surface area contributed by atoms with E-state index >= 15 is 0 Å². The summed E-state index contributed by atoms with van der Waals surface area (Å²) >= 11 is 0. The second-order valence-electron chi connectivity index (χ2n) is 6.42. The Morgan fingerprint density at radius 2 is 2.32 bits per heavy atom. The number of aryl methyl sites for hydroxylation is 1. The van der Waals surface area contributed by atoms with Crippen LogP contribution in [0.5, 0.6) is 0 Å². The Bertz CT molecular complexity index is 884. The van der Waals surface area contributed by atoms with E-state index < -0.39 is 0 Å². The fraction of sp³-hybridized carbons (Fsp3) is 0.471. The van der Waals surface area contributed by atoms with Gasteiger partial charge >= 0.3 is 0 Å². The summed E-state index contributed by atoms with van der Waals surface area (Å²) in [6.07, 6.45) is 9.89. The highest BCUT2D eigenvalue weighted by atomic mass is 16.2. The van der Waals surface area contributed by atoms with E-state index in [1.54, 1.807) is 35.5 Å². The molecule has 3 aromatic rings. The molecule has 0 saturated carbocycles. The van der Waals surface area contributed by atoms with Crippen LogP contribution in [-0.4, -0.2) is 53.3 Å². The normalized spacial score (nSPS) is 18.0. The number of nitrogens with zero attached hydrogens (tertiary/aromatic N) is 7. The summed E-state index contributed by atoms with van der Waals surface area (Å²) in [5, 5.41) is 12.6. The lowest BCUT2D eigenvalue weighted by molar-refractivity contribution is 0.0705. The van der Waals surface area contributed by atoms with Crippen LogP contribution in [0.2, 0.25) is 0 Å². The number of amides is 1. The van der Waals surface area contributed by atoms with Crippen molar-refractivity contribution in [1.82, 2.24) is 34.3 Å². The standard InChI is InChI=1S/C17H21N7O/c1-2-7-23-12-19-21-15(23)13-5-3-8-22(11-13)17(25)14-10-20-24-9-4-6-18-16(14)24/h4,6,9-10,12-13H,2-3,5,7-8,11H2,1H3/t13-/m1/s1. The quantitative estimate of drug-likeness (QED) is 0.723. The number of hydrogen-bond acceptors (Lipinski definition) is 5. The molecule has 130 valence electrons. The monoisotopic (exact) mass is 339 g/mol. The lowest BCUT2D eigenvalue weighted by Gasteiger charge is -2.32. The summed E-state index contributed by atoms with van der Waals surface area (Å²) < 4.78 is 3.74. The second-order valence-corrected chi connectivity index (χ2v) is 6.42. The number of rotatable bonds is 4. The minimum Gasteiger partial charge on any atom is -0.338 e. The molecule has 3 aromatic heterocycles. The van der Waals surface area contributed by atoms with Gasteiger partial charge in [-0.1, -0.05) is 6.92 Å². The molecule has 8 nitrogen and oxygen atoms in total. The van der Waals surface area contributed by atoms with E-state index in [0.717, 1.165) is 38.2 Å². The van der Waals surface area contributed by atoms with Gasteiger partial charge in [-0.3, -0.25) is 4.79 Å². The van der Waals surface area contributed by atoms with Gasteiger partial charge in [-0.05, 0) is 25.3 Å². The number of likely N-dealkylation sites (tertiary alicyclic amines) is 1. The Hall–Kier alpha value is -2.77. The first kappa shape index (κ1) is 15.7. The molecule has 0 aromatic carbocycles. The average Bonchev–Trinajstić information content (AvgIpc) is 3.28. The number of carbonyl (C=O) groups is 1. The zero-order valence-electron chi connectivity index (χ0n) is 14.2. The Balaban J connectivity index is 1.56. The van der Waals surface area contributed by atoms with Crippen molar-refractivity contribution in [2.45, 2.75) is 38.6 Å². The third-order valence-electron chi connectivity index (χ3n) is 4.69. The summed E-state index contributed by atoms with van der Waals surface area (Å²) in [5.41, 5.74) is 1.15. The molecule has 1 amide bonds. The van der Waals surface area contributed by atoms with Crippen LogP contribution < -0.4 is 0 Å². The van der Waals surface area contributed by atoms with Crippen LogP contribution in [0.4, 0.5) is 0 Å². The average molecular weight is 339 g/mol. The highest BCUT2D eigenvalue weighted by Crippen LogP contribution is 2.27. The third kappa shape index (κ3) is 2.88. The molecule has 0 spiro atoms. The molecule has 1 aliphatic rings. The fourth-order valence-electron chi connectivity index (χ4n) is 3.51. The lowest BCUT2D eigenvalue weighted by Crippen LogP contribution is -2.39. The molecule has 4 heterocycles. The highest BCUT2D eigenvalue weighted by Gasteiger charge is 2.29. The van der Waals surface area contributed by atoms with E-state index in [2.05, 4.69) is 31.8 Å². The second kappa shape index (κ2) is 6.62. The van der Waals surface area contributed by atoms with Gasteiger partial charge < -0.3 is 9.47 Å². The molecule has 0 unspecified atom stereocenters. The predicted molar refractivity (Wildman–Crippen MR) is 91.2 cm³/mol. The van der Waals surface area contributed by atoms with Crippen molar-refractivity contribution >= 4 is 11.6 Å². The van der Waals surface area contributed by atoms with Gasteiger partial charge in [0.15, 0.2) is 5.65 Å². The molecular formula is C17H21N7O. The summed E-state index contributed by atoms with van der Waals surface area (Å²) in [6, 6.07) is 1.80. The van der Waals surface area contributed by atoms with Crippen LogP contribution in [0.3, 0.4) is 0 Å². The Kier molecular flexibility index (Phi) is 4.17. The van der Waals surface area contributed by atoms with Gasteiger partial charge in [0.25, 0.3) is 5.91 Å². The van der Waals surface area contributed by atoms with Crippen LogP contribution >= 0.6 is 0 Å². The first-order valence-electron chi connectivity index (χ1n) is 8.73. The fourth-order valence-corrected chi connectivity index (χ4v) is 3.51. The molecule has 25 heavy (non-hydrogen) atoms. The van der Waals surface area contributed by atoms with Crippen LogP contribution in [-0.2, 0) is 6.54 Å². The molecule has 0 aliphatic carbocycles. The molecule has 1 atom stereocenters. The molecule has 1 aliphatic heterocycles. The molecular weight excluding hydrogens is 318 g/mol. The van der Waals surface area contributed by atoms with Crippen LogP contribution in [0.15, 0.2) is 31.0 Å². The zero-order chi connectivity index (χ0) is 17.2. The van der Waals surface area contributed by atoms with Crippen LogP contribution in [0, 0.1) is 0 Å². The van der Waals surface area contributed by atoms with Crippen molar-refractivity contribution in [3.63, 3.8) is 0 Å². The van der Waals surface area contributed by atoms with Crippen molar-refractivity contribution < 1.29 is 4.79 Å². The smallest absolute Gasteiger partial charge is 0.259 e. The van der Waals surface area contributed by atoms with Gasteiger partial charge in [0.1, 0.15) is 17.7 Å². The summed E-state index contributed by atoms with van der Waals surface area (Å²) in [6.45, 7) is 4.45. The van der Waals surface area contributed by atoms with E-state index in [9.17, 15) is 4.79 Å². The minimum atomic E-state index is -0.0139. The van der Waals surface area contributed by atoms with Crippen LogP contribution in [0.1, 0.15) is 48.3 Å². The maximum absolute atomic E-state index is 13.0. The van der Waals surface area contributed by atoms with E-state index in [4.69, 9.17) is 0 Å². The van der Waals surface area contributed by atoms with E-state index in [0.29, 0.717) is 17.8 Å². The summed E-state index contributed by atoms with van der Waals surface area (Å²) in [7, 11) is 0. The zero-order valence-corrected chi connectivity index (χ0v) is 14.2. The summed E-state index contributed by atoms with van der Waals surface area (Å²) in [4.78, 5) is 19.2. The van der Waals surface area contributed by atoms with Gasteiger partial charge in [0, 0.05) is 37.9 Å². The van der Waals surface area contributed by atoms with Crippen LogP contribution in [0.25, 0.3) is 5.65 Å². The van der Waals surface area contributed by atoms with Crippen molar-refractivity contribution in [3.8, 4) is 0 Å². The number of hydrogen-bond donors (Lipinski definition) is 0. The lowest BCUT2D eigenvalue weighted by atomic mass is 9.96. The Morgan fingerprint density at radius 3 is 3.20 bits per heavy atom. The molecule has 1 fully saturated rings. The number of carbonyl (C=O) groups excluding carboxylic acids is 1. The molecule has 0 bridgehead atoms. The number of aromatic nitrogens is 6. The Labute approximate surface area is 145 Å². The molecule has 0 radical (unpaired) electrons. The van der Waals surface area contributed by atoms with E-state index in [1.807, 2.05) is 4.90 Å². The Morgan fingerprint density at radius 1 is 1.40 bits per heavy atom. The minimum absolute atomic E-state index is 0.0139. The molecule has 1 saturated heterocycles. The van der Waals surface area contributed by atoms with Gasteiger partial charge in [-0.25, -0.2) is 9.50 Å². The van der Waals surface area contributed by atoms with Gasteiger partial charge in [0.05, 0.1) is 6.20 Å². The van der Waals surface area contributed by atoms with Crippen molar-refractivity contribution in [1.29, 1.82) is 0 Å². The predicted octanol–water partition coefficient (Wildman–Crippen LogP) is 1.75. The van der Waals surface area contributed by atoms with Crippen molar-refractivity contribution in [2.75, 3.05) is 13.1 Å². The summed E-state index contributed by atoms with van der Waals surface area (Å²) in [5.74, 6) is 1.19. The van der Waals surface area contributed by atoms with Crippen molar-refractivity contribution in [3.05, 3.63) is 42.4 Å². The maximum atomic E-state index is 13.0. The van der Waals surface area contributed by atoms with Gasteiger partial charge in [0.2, 0.25) is 0 Å². The largest absolute Gasteiger partial charge is 0.338 e. The topological polar surface area (TPSA) is 81.2 Å². The van der Waals surface area contributed by atoms with Crippen molar-refractivity contribution in [2.24, 2.45) is 0 Å².